The lowest BCUT2D eigenvalue weighted by molar-refractivity contribution is 0.337. The molecule has 1 unspecified atom stereocenters. The molecule has 0 spiro atoms. The first-order valence-corrected chi connectivity index (χ1v) is 9.19. The predicted octanol–water partition coefficient (Wildman–Crippen LogP) is 5.47. The van der Waals surface area contributed by atoms with Crippen molar-refractivity contribution in [2.45, 2.75) is 58.4 Å². The topological polar surface area (TPSA) is 21.3 Å². The largest absolute Gasteiger partial charge is 0.493 e. The fraction of sp³-hybridized carbons (Fsp3) is 0.667. The second-order valence-electron chi connectivity index (χ2n) is 5.96. The van der Waals surface area contributed by atoms with Gasteiger partial charge in [-0.2, -0.15) is 0 Å². The molecule has 1 aromatic carbocycles. The van der Waals surface area contributed by atoms with E-state index in [2.05, 4.69) is 46.4 Å². The normalized spacial score (nSPS) is 17.1. The Morgan fingerprint density at radius 3 is 2.67 bits per heavy atom. The maximum Gasteiger partial charge on any atom is 0.133 e. The molecular weight excluding hydrogens is 326 g/mol. The molecule has 1 fully saturated rings. The van der Waals surface area contributed by atoms with Crippen LogP contribution < -0.4 is 10.1 Å². The molecular formula is C18H28BrNO. The number of rotatable bonds is 8. The van der Waals surface area contributed by atoms with Crippen LogP contribution in [0.15, 0.2) is 22.7 Å². The van der Waals surface area contributed by atoms with Crippen molar-refractivity contribution < 1.29 is 4.74 Å². The molecule has 2 rings (SSSR count). The van der Waals surface area contributed by atoms with Gasteiger partial charge in [-0.3, -0.25) is 0 Å². The summed E-state index contributed by atoms with van der Waals surface area (Å²) in [5.74, 6) is 1.89. The van der Waals surface area contributed by atoms with Crippen LogP contribution in [0.5, 0.6) is 5.75 Å². The molecule has 2 nitrogen and oxygen atoms in total. The number of nitrogens with one attached hydrogen (secondary N) is 1. The molecule has 118 valence electrons. The minimum Gasteiger partial charge on any atom is -0.493 e. The molecule has 1 saturated carbocycles. The van der Waals surface area contributed by atoms with E-state index >= 15 is 0 Å². The van der Waals surface area contributed by atoms with Gasteiger partial charge in [-0.25, -0.2) is 0 Å². The molecule has 0 aromatic heterocycles. The Balaban J connectivity index is 2.00. The summed E-state index contributed by atoms with van der Waals surface area (Å²) in [7, 11) is 0. The van der Waals surface area contributed by atoms with E-state index in [-0.39, 0.29) is 0 Å². The molecule has 1 aromatic rings. The molecule has 1 atom stereocenters. The summed E-state index contributed by atoms with van der Waals surface area (Å²) in [6.45, 7) is 5.92. The highest BCUT2D eigenvalue weighted by Gasteiger charge is 2.18. The first-order chi connectivity index (χ1) is 10.2. The lowest BCUT2D eigenvalue weighted by Gasteiger charge is -2.21. The maximum atomic E-state index is 5.61. The zero-order chi connectivity index (χ0) is 15.1. The van der Waals surface area contributed by atoms with Gasteiger partial charge in [0.2, 0.25) is 0 Å². The molecule has 0 aliphatic heterocycles. The van der Waals surface area contributed by atoms with E-state index in [9.17, 15) is 0 Å². The third-order valence-electron chi connectivity index (χ3n) is 4.45. The minimum absolute atomic E-state index is 0.461. The third-order valence-corrected chi connectivity index (χ3v) is 5.07. The van der Waals surface area contributed by atoms with Crippen LogP contribution in [0.1, 0.15) is 64.0 Å². The van der Waals surface area contributed by atoms with Crippen LogP contribution in [0, 0.1) is 5.92 Å². The maximum absolute atomic E-state index is 5.61. The summed E-state index contributed by atoms with van der Waals surface area (Å²) in [6, 6.07) is 6.97. The van der Waals surface area contributed by atoms with Gasteiger partial charge in [0.1, 0.15) is 5.75 Å². The van der Waals surface area contributed by atoms with Crippen LogP contribution in [-0.2, 0) is 0 Å². The Morgan fingerprint density at radius 2 is 2.05 bits per heavy atom. The average molecular weight is 354 g/mol. The molecule has 0 saturated heterocycles. The van der Waals surface area contributed by atoms with Crippen LogP contribution in [0.2, 0.25) is 0 Å². The highest BCUT2D eigenvalue weighted by Crippen LogP contribution is 2.33. The van der Waals surface area contributed by atoms with Crippen LogP contribution in [0.25, 0.3) is 0 Å². The first kappa shape index (κ1) is 16.8. The standard InChI is InChI=1S/C18H28BrNO/c1-3-20-17(11-9-14-7-5-6-8-14)15-10-12-18(21-4-2)16(19)13-15/h10,12-14,17,20H,3-9,11H2,1-2H3. The van der Waals surface area contributed by atoms with E-state index in [0.29, 0.717) is 12.6 Å². The van der Waals surface area contributed by atoms with Gasteiger partial charge in [-0.1, -0.05) is 38.7 Å². The Labute approximate surface area is 137 Å². The Morgan fingerprint density at radius 1 is 1.29 bits per heavy atom. The van der Waals surface area contributed by atoms with Gasteiger partial charge in [-0.05, 0) is 65.9 Å². The summed E-state index contributed by atoms with van der Waals surface area (Å²) in [6.07, 6.45) is 8.33. The summed E-state index contributed by atoms with van der Waals surface area (Å²) in [5, 5.41) is 3.64. The van der Waals surface area contributed by atoms with Gasteiger partial charge in [0, 0.05) is 6.04 Å². The van der Waals surface area contributed by atoms with E-state index in [4.69, 9.17) is 4.74 Å². The van der Waals surface area contributed by atoms with Crippen molar-refractivity contribution in [2.75, 3.05) is 13.2 Å². The van der Waals surface area contributed by atoms with Gasteiger partial charge < -0.3 is 10.1 Å². The second-order valence-corrected chi connectivity index (χ2v) is 6.82. The monoisotopic (exact) mass is 353 g/mol. The molecule has 1 N–H and O–H groups in total. The predicted molar refractivity (Wildman–Crippen MR) is 92.9 cm³/mol. The lowest BCUT2D eigenvalue weighted by atomic mass is 9.94. The first-order valence-electron chi connectivity index (χ1n) is 8.40. The van der Waals surface area contributed by atoms with Crippen LogP contribution in [0.4, 0.5) is 0 Å². The molecule has 0 bridgehead atoms. The van der Waals surface area contributed by atoms with E-state index in [1.165, 1.54) is 44.1 Å². The number of ether oxygens (including phenoxy) is 1. The molecule has 21 heavy (non-hydrogen) atoms. The number of hydrogen-bond donors (Lipinski definition) is 1. The third kappa shape index (κ3) is 5.00. The summed E-state index contributed by atoms with van der Waals surface area (Å²) >= 11 is 3.63. The van der Waals surface area contributed by atoms with Crippen LogP contribution >= 0.6 is 15.9 Å². The lowest BCUT2D eigenvalue weighted by Crippen LogP contribution is -2.21. The fourth-order valence-electron chi connectivity index (χ4n) is 3.34. The SMILES string of the molecule is CCNC(CCC1CCCC1)c1ccc(OCC)c(Br)c1. The molecule has 0 amide bonds. The smallest absolute Gasteiger partial charge is 0.133 e. The summed E-state index contributed by atoms with van der Waals surface area (Å²) < 4.78 is 6.67. The van der Waals surface area contributed by atoms with Crippen molar-refractivity contribution in [1.29, 1.82) is 0 Å². The van der Waals surface area contributed by atoms with Gasteiger partial charge in [-0.15, -0.1) is 0 Å². The van der Waals surface area contributed by atoms with Crippen molar-refractivity contribution in [3.8, 4) is 5.75 Å². The molecule has 0 radical (unpaired) electrons. The second kappa shape index (κ2) is 8.79. The van der Waals surface area contributed by atoms with E-state index < -0.39 is 0 Å². The Bertz CT molecular complexity index is 429. The molecule has 3 heteroatoms. The minimum atomic E-state index is 0.461. The number of hydrogen-bond acceptors (Lipinski definition) is 2. The van der Waals surface area contributed by atoms with Gasteiger partial charge in [0.25, 0.3) is 0 Å². The number of benzene rings is 1. The molecule has 0 heterocycles. The van der Waals surface area contributed by atoms with Crippen LogP contribution in [0.3, 0.4) is 0 Å². The summed E-state index contributed by atoms with van der Waals surface area (Å²) in [5.41, 5.74) is 1.37. The van der Waals surface area contributed by atoms with Crippen LogP contribution in [-0.4, -0.2) is 13.2 Å². The van der Waals surface area contributed by atoms with Gasteiger partial charge >= 0.3 is 0 Å². The number of halogens is 1. The van der Waals surface area contributed by atoms with E-state index in [1.54, 1.807) is 0 Å². The zero-order valence-corrected chi connectivity index (χ0v) is 14.9. The molecule has 1 aliphatic rings. The van der Waals surface area contributed by atoms with Crippen molar-refractivity contribution >= 4 is 15.9 Å². The Kier molecular flexibility index (Phi) is 7.05. The zero-order valence-electron chi connectivity index (χ0n) is 13.3. The van der Waals surface area contributed by atoms with E-state index in [1.807, 2.05) is 6.92 Å². The van der Waals surface area contributed by atoms with E-state index in [0.717, 1.165) is 22.7 Å². The van der Waals surface area contributed by atoms with Crippen molar-refractivity contribution in [2.24, 2.45) is 5.92 Å². The van der Waals surface area contributed by atoms with Crippen molar-refractivity contribution in [1.82, 2.24) is 5.32 Å². The molecule has 1 aliphatic carbocycles. The van der Waals surface area contributed by atoms with Gasteiger partial charge in [0.05, 0.1) is 11.1 Å². The fourth-order valence-corrected chi connectivity index (χ4v) is 3.85. The van der Waals surface area contributed by atoms with Crippen molar-refractivity contribution in [3.63, 3.8) is 0 Å². The quantitative estimate of drug-likeness (QED) is 0.668. The summed E-state index contributed by atoms with van der Waals surface area (Å²) in [4.78, 5) is 0. The highest BCUT2D eigenvalue weighted by molar-refractivity contribution is 9.10. The Hall–Kier alpha value is -0.540. The average Bonchev–Trinajstić information content (AvgIpc) is 2.99. The van der Waals surface area contributed by atoms with Gasteiger partial charge in [0.15, 0.2) is 0 Å². The highest BCUT2D eigenvalue weighted by atomic mass is 79.9. The van der Waals surface area contributed by atoms with Crippen molar-refractivity contribution in [3.05, 3.63) is 28.2 Å².